The van der Waals surface area contributed by atoms with E-state index in [4.69, 9.17) is 5.73 Å². The number of hydrogen-bond donors (Lipinski definition) is 1. The number of amides is 1. The fourth-order valence-corrected chi connectivity index (χ4v) is 1.77. The van der Waals surface area contributed by atoms with Crippen LogP contribution in [0.1, 0.15) is 6.42 Å². The summed E-state index contributed by atoms with van der Waals surface area (Å²) in [6.45, 7) is 0. The number of carbonyl (C=O) groups is 2. The monoisotopic (exact) mass is 234 g/mol. The van der Waals surface area contributed by atoms with Crippen molar-refractivity contribution in [3.05, 3.63) is 0 Å². The van der Waals surface area contributed by atoms with Crippen molar-refractivity contribution >= 4 is 23.6 Å². The molecular weight excluding hydrogens is 216 g/mol. The number of thioether (sulfide) groups is 1. The second-order valence-electron chi connectivity index (χ2n) is 3.26. The summed E-state index contributed by atoms with van der Waals surface area (Å²) in [4.78, 5) is 23.6. The molecule has 1 atom stereocenters. The Balaban J connectivity index is 3.54. The van der Waals surface area contributed by atoms with E-state index in [0.717, 1.165) is 0 Å². The van der Waals surface area contributed by atoms with Gasteiger partial charge in [0.2, 0.25) is 5.91 Å². The first-order valence-electron chi connectivity index (χ1n) is 4.60. The molecule has 0 saturated carbocycles. The second kappa shape index (κ2) is 7.53. The van der Waals surface area contributed by atoms with Gasteiger partial charge in [0.1, 0.15) is 6.04 Å². The molecule has 0 heterocycles. The summed E-state index contributed by atoms with van der Waals surface area (Å²) < 4.78 is 4.48. The lowest BCUT2D eigenvalue weighted by Crippen LogP contribution is -2.32. The van der Waals surface area contributed by atoms with Gasteiger partial charge in [-0.15, -0.1) is 0 Å². The van der Waals surface area contributed by atoms with Gasteiger partial charge in [-0.05, 0) is 12.2 Å². The van der Waals surface area contributed by atoms with Gasteiger partial charge >= 0.3 is 5.97 Å². The molecule has 2 N–H and O–H groups in total. The number of rotatable bonds is 6. The number of methoxy groups -OCH3 is 1. The Morgan fingerprint density at radius 1 is 1.47 bits per heavy atom. The van der Waals surface area contributed by atoms with E-state index in [2.05, 4.69) is 4.74 Å². The highest BCUT2D eigenvalue weighted by atomic mass is 32.2. The topological polar surface area (TPSA) is 72.6 Å². The van der Waals surface area contributed by atoms with Gasteiger partial charge in [-0.25, -0.2) is 0 Å². The molecular formula is C9H18N2O3S. The molecule has 0 bridgehead atoms. The summed E-state index contributed by atoms with van der Waals surface area (Å²) in [5, 5.41) is 0. The van der Waals surface area contributed by atoms with E-state index >= 15 is 0 Å². The molecule has 0 aliphatic carbocycles. The largest absolute Gasteiger partial charge is 0.468 e. The van der Waals surface area contributed by atoms with Gasteiger partial charge in [-0.3, -0.25) is 9.59 Å². The highest BCUT2D eigenvalue weighted by Gasteiger charge is 2.13. The normalized spacial score (nSPS) is 12.0. The quantitative estimate of drug-likeness (QED) is 0.504. The summed E-state index contributed by atoms with van der Waals surface area (Å²) in [5.41, 5.74) is 5.52. The van der Waals surface area contributed by atoms with Crippen molar-refractivity contribution < 1.29 is 14.3 Å². The first-order valence-corrected chi connectivity index (χ1v) is 5.75. The molecule has 0 saturated heterocycles. The average molecular weight is 234 g/mol. The molecule has 0 aromatic heterocycles. The number of nitrogens with zero attached hydrogens (tertiary/aromatic N) is 1. The maximum absolute atomic E-state index is 11.2. The number of hydrogen-bond acceptors (Lipinski definition) is 5. The van der Waals surface area contributed by atoms with Crippen LogP contribution in [0.25, 0.3) is 0 Å². The van der Waals surface area contributed by atoms with E-state index in [9.17, 15) is 9.59 Å². The predicted octanol–water partition coefficient (Wildman–Crippen LogP) is -0.302. The highest BCUT2D eigenvalue weighted by molar-refractivity contribution is 7.99. The molecule has 0 aromatic carbocycles. The number of esters is 1. The minimum atomic E-state index is -0.586. The molecule has 88 valence electrons. The number of ether oxygens (including phenoxy) is 1. The summed E-state index contributed by atoms with van der Waals surface area (Å²) in [6, 6.07) is -0.586. The Labute approximate surface area is 94.3 Å². The molecule has 1 amide bonds. The molecule has 5 nitrogen and oxygen atoms in total. The summed E-state index contributed by atoms with van der Waals surface area (Å²) >= 11 is 1.47. The molecule has 0 radical (unpaired) electrons. The van der Waals surface area contributed by atoms with E-state index in [1.807, 2.05) is 0 Å². The zero-order chi connectivity index (χ0) is 11.8. The molecule has 0 fully saturated rings. The molecule has 0 aromatic rings. The van der Waals surface area contributed by atoms with Gasteiger partial charge in [0.15, 0.2) is 0 Å². The van der Waals surface area contributed by atoms with E-state index in [1.54, 1.807) is 14.1 Å². The first-order chi connectivity index (χ1) is 6.99. The third kappa shape index (κ3) is 6.35. The van der Waals surface area contributed by atoms with E-state index in [-0.39, 0.29) is 5.91 Å². The average Bonchev–Trinajstić information content (AvgIpc) is 2.22. The molecule has 15 heavy (non-hydrogen) atoms. The van der Waals surface area contributed by atoms with Crippen LogP contribution in [-0.2, 0) is 14.3 Å². The smallest absolute Gasteiger partial charge is 0.322 e. The van der Waals surface area contributed by atoms with Crippen LogP contribution in [0, 0.1) is 0 Å². The van der Waals surface area contributed by atoms with Gasteiger partial charge in [-0.2, -0.15) is 11.8 Å². The van der Waals surface area contributed by atoms with Crippen molar-refractivity contribution in [1.29, 1.82) is 0 Å². The fraction of sp³-hybridized carbons (Fsp3) is 0.778. The van der Waals surface area contributed by atoms with Crippen molar-refractivity contribution in [2.24, 2.45) is 5.73 Å². The van der Waals surface area contributed by atoms with Gasteiger partial charge in [-0.1, -0.05) is 0 Å². The maximum Gasteiger partial charge on any atom is 0.322 e. The number of carbonyl (C=O) groups excluding carboxylic acids is 2. The first kappa shape index (κ1) is 14.2. The molecule has 0 spiro atoms. The third-order valence-electron chi connectivity index (χ3n) is 1.80. The minimum absolute atomic E-state index is 0.0617. The Kier molecular flexibility index (Phi) is 7.15. The minimum Gasteiger partial charge on any atom is -0.468 e. The van der Waals surface area contributed by atoms with Crippen LogP contribution in [-0.4, -0.2) is 55.5 Å². The van der Waals surface area contributed by atoms with Crippen LogP contribution in [0.3, 0.4) is 0 Å². The van der Waals surface area contributed by atoms with Crippen molar-refractivity contribution in [3.63, 3.8) is 0 Å². The van der Waals surface area contributed by atoms with Crippen LogP contribution >= 0.6 is 11.8 Å². The lowest BCUT2D eigenvalue weighted by atomic mass is 10.2. The van der Waals surface area contributed by atoms with Crippen LogP contribution < -0.4 is 5.73 Å². The number of nitrogens with two attached hydrogens (primary N) is 1. The lowest BCUT2D eigenvalue weighted by Gasteiger charge is -2.11. The van der Waals surface area contributed by atoms with Gasteiger partial charge in [0.05, 0.1) is 12.9 Å². The van der Waals surface area contributed by atoms with Gasteiger partial charge < -0.3 is 15.4 Å². The van der Waals surface area contributed by atoms with E-state index in [1.165, 1.54) is 23.8 Å². The Morgan fingerprint density at radius 3 is 2.53 bits per heavy atom. The van der Waals surface area contributed by atoms with Gasteiger partial charge in [0, 0.05) is 14.1 Å². The van der Waals surface area contributed by atoms with E-state index in [0.29, 0.717) is 17.9 Å². The van der Waals surface area contributed by atoms with Crippen molar-refractivity contribution in [1.82, 2.24) is 4.90 Å². The maximum atomic E-state index is 11.2. The zero-order valence-corrected chi connectivity index (χ0v) is 10.2. The van der Waals surface area contributed by atoms with Crippen LogP contribution in [0.5, 0.6) is 0 Å². The standard InChI is InChI=1S/C9H18N2O3S/c1-11(2)8(12)6-15-5-4-7(10)9(13)14-3/h7H,4-6,10H2,1-3H3. The third-order valence-corrected chi connectivity index (χ3v) is 2.78. The molecule has 0 rings (SSSR count). The molecule has 0 aliphatic rings. The second-order valence-corrected chi connectivity index (χ2v) is 4.36. The summed E-state index contributed by atoms with van der Waals surface area (Å²) in [6.07, 6.45) is 0.526. The van der Waals surface area contributed by atoms with Gasteiger partial charge in [0.25, 0.3) is 0 Å². The fourth-order valence-electron chi connectivity index (χ4n) is 0.768. The van der Waals surface area contributed by atoms with E-state index < -0.39 is 12.0 Å². The highest BCUT2D eigenvalue weighted by Crippen LogP contribution is 2.05. The SMILES string of the molecule is COC(=O)C(N)CCSCC(=O)N(C)C. The summed E-state index contributed by atoms with van der Waals surface area (Å²) in [7, 11) is 4.73. The zero-order valence-electron chi connectivity index (χ0n) is 9.36. The Bertz CT molecular complexity index is 221. The van der Waals surface area contributed by atoms with Crippen LogP contribution in [0.2, 0.25) is 0 Å². The molecule has 6 heteroatoms. The van der Waals surface area contributed by atoms with Crippen LogP contribution in [0.15, 0.2) is 0 Å². The van der Waals surface area contributed by atoms with Crippen molar-refractivity contribution in [2.75, 3.05) is 32.7 Å². The van der Waals surface area contributed by atoms with Crippen molar-refractivity contribution in [2.45, 2.75) is 12.5 Å². The predicted molar refractivity (Wildman–Crippen MR) is 60.6 cm³/mol. The van der Waals surface area contributed by atoms with Crippen LogP contribution in [0.4, 0.5) is 0 Å². The Morgan fingerprint density at radius 2 is 2.07 bits per heavy atom. The molecule has 0 aliphatic heterocycles. The lowest BCUT2D eigenvalue weighted by molar-refractivity contribution is -0.142. The van der Waals surface area contributed by atoms with Crippen molar-refractivity contribution in [3.8, 4) is 0 Å². The summed E-state index contributed by atoms with van der Waals surface area (Å²) in [5.74, 6) is 0.748. The molecule has 1 unspecified atom stereocenters. The Hall–Kier alpha value is -0.750.